The highest BCUT2D eigenvalue weighted by atomic mass is 32.2. The van der Waals surface area contributed by atoms with E-state index in [1.165, 1.54) is 4.80 Å². The molecule has 0 spiro atoms. The Morgan fingerprint density at radius 2 is 1.88 bits per heavy atom. The monoisotopic (exact) mass is 473 g/mol. The van der Waals surface area contributed by atoms with E-state index in [1.807, 2.05) is 30.3 Å². The predicted octanol–water partition coefficient (Wildman–Crippen LogP) is 1.38. The van der Waals surface area contributed by atoms with Crippen molar-refractivity contribution < 1.29 is 18.3 Å². The Morgan fingerprint density at radius 1 is 1.18 bits per heavy atom. The van der Waals surface area contributed by atoms with E-state index >= 15 is 0 Å². The van der Waals surface area contributed by atoms with Gasteiger partial charge in [-0.05, 0) is 42.3 Å². The van der Waals surface area contributed by atoms with Crippen LogP contribution in [0.4, 0.5) is 5.69 Å². The van der Waals surface area contributed by atoms with Crippen LogP contribution in [0.2, 0.25) is 0 Å². The van der Waals surface area contributed by atoms with Gasteiger partial charge in [-0.1, -0.05) is 42.5 Å². The van der Waals surface area contributed by atoms with E-state index in [0.717, 1.165) is 11.1 Å². The van der Waals surface area contributed by atoms with Crippen LogP contribution in [0.1, 0.15) is 36.8 Å². The van der Waals surface area contributed by atoms with Crippen molar-refractivity contribution in [2.75, 3.05) is 11.3 Å². The smallest absolute Gasteiger partial charge is 0.259 e. The summed E-state index contributed by atoms with van der Waals surface area (Å²) in [6.45, 7) is 4.05. The Labute approximate surface area is 194 Å². The minimum atomic E-state index is -2.14. The van der Waals surface area contributed by atoms with Crippen molar-refractivity contribution in [1.82, 2.24) is 25.5 Å². The second kappa shape index (κ2) is 11.1. The van der Waals surface area contributed by atoms with Crippen molar-refractivity contribution in [3.63, 3.8) is 0 Å². The first kappa shape index (κ1) is 24.5. The molecule has 0 aliphatic rings. The lowest BCUT2D eigenvalue weighted by Crippen LogP contribution is -2.50. The summed E-state index contributed by atoms with van der Waals surface area (Å²) in [6.07, 6.45) is 0. The number of nitrogens with two attached hydrogens (primary N) is 1. The first-order chi connectivity index (χ1) is 15.7. The second-order valence-corrected chi connectivity index (χ2v) is 8.68. The van der Waals surface area contributed by atoms with Gasteiger partial charge in [-0.2, -0.15) is 4.80 Å². The molecule has 176 valence electrons. The highest BCUT2D eigenvalue weighted by Gasteiger charge is 2.27. The summed E-state index contributed by atoms with van der Waals surface area (Å²) in [5, 5.41) is 15.4. The number of benzene rings is 2. The third kappa shape index (κ3) is 7.71. The molecule has 0 aliphatic carbocycles. The maximum absolute atomic E-state index is 12.5. The van der Waals surface area contributed by atoms with Crippen molar-refractivity contribution in [3.05, 3.63) is 71.5 Å². The van der Waals surface area contributed by atoms with E-state index in [2.05, 4.69) is 25.4 Å². The topological polar surface area (TPSA) is 157 Å². The molecule has 3 aromatic rings. The average molecular weight is 474 g/mol. The van der Waals surface area contributed by atoms with Gasteiger partial charge in [0, 0.05) is 5.69 Å². The van der Waals surface area contributed by atoms with Crippen LogP contribution >= 0.6 is 0 Å². The molecule has 0 bridgehead atoms. The lowest BCUT2D eigenvalue weighted by atomic mass is 10.1. The van der Waals surface area contributed by atoms with Gasteiger partial charge in [0.05, 0.1) is 25.3 Å². The van der Waals surface area contributed by atoms with Gasteiger partial charge in [0.1, 0.15) is 6.04 Å². The van der Waals surface area contributed by atoms with Crippen molar-refractivity contribution >= 4 is 22.9 Å². The van der Waals surface area contributed by atoms with Crippen LogP contribution in [-0.4, -0.2) is 47.0 Å². The molecule has 11 nitrogen and oxygen atoms in total. The molecule has 3 rings (SSSR count). The molecule has 33 heavy (non-hydrogen) atoms. The number of anilines is 1. The Kier molecular flexibility index (Phi) is 8.22. The number of carbonyl (C=O) groups is 1. The van der Waals surface area contributed by atoms with Crippen LogP contribution in [0, 0.1) is 0 Å². The summed E-state index contributed by atoms with van der Waals surface area (Å²) >= 11 is -2.14. The summed E-state index contributed by atoms with van der Waals surface area (Å²) in [6, 6.07) is 15.9. The largest absolute Gasteiger partial charge is 0.374 e. The number of aromatic nitrogens is 4. The Morgan fingerprint density at radius 3 is 2.52 bits per heavy atom. The zero-order valence-electron chi connectivity index (χ0n) is 18.3. The zero-order chi connectivity index (χ0) is 23.8. The van der Waals surface area contributed by atoms with Gasteiger partial charge in [0.15, 0.2) is 5.82 Å². The van der Waals surface area contributed by atoms with Crippen LogP contribution < -0.4 is 15.8 Å². The third-order valence-corrected chi connectivity index (χ3v) is 4.96. The van der Waals surface area contributed by atoms with Crippen LogP contribution in [-0.2, 0) is 33.9 Å². The number of nitrogens with zero attached hydrogens (tertiary/aromatic N) is 4. The van der Waals surface area contributed by atoms with Gasteiger partial charge >= 0.3 is 0 Å². The molecule has 5 N–H and O–H groups in total. The fraction of sp³-hybridized carbons (Fsp3) is 0.333. The third-order valence-electron chi connectivity index (χ3n) is 4.55. The molecule has 0 fully saturated rings. The molecule has 1 amide bonds. The Hall–Kier alpha value is -3.19. The number of amides is 1. The SMILES string of the molecule is CC(C)(N)C(=O)N[C@H](COCc1ccccc1)c1nnn(Cc2ccc(NS(=O)O)cc2)n1. The number of rotatable bonds is 11. The summed E-state index contributed by atoms with van der Waals surface area (Å²) in [5.74, 6) is -0.0638. The van der Waals surface area contributed by atoms with Gasteiger partial charge in [-0.3, -0.25) is 14.1 Å². The first-order valence-corrected chi connectivity index (χ1v) is 11.3. The number of carbonyl (C=O) groups excluding carboxylic acids is 1. The molecule has 1 unspecified atom stereocenters. The summed E-state index contributed by atoms with van der Waals surface area (Å²) in [7, 11) is 0. The highest BCUT2D eigenvalue weighted by Crippen LogP contribution is 2.13. The normalized spacial score (nSPS) is 13.3. The summed E-state index contributed by atoms with van der Waals surface area (Å²) < 4.78 is 27.9. The lowest BCUT2D eigenvalue weighted by Gasteiger charge is -2.22. The standard InChI is InChI=1S/C21H27N7O4S/c1-21(2,22)20(29)23-18(14-32-13-16-6-4-3-5-7-16)19-24-27-28(25-19)12-15-8-10-17(11-9-15)26-33(30)31/h3-11,18,26H,12-14,22H2,1-2H3,(H,23,29)(H,30,31)/t18-/m1/s1. The van der Waals surface area contributed by atoms with E-state index in [-0.39, 0.29) is 12.5 Å². The Balaban J connectivity index is 1.68. The quantitative estimate of drug-likeness (QED) is 0.304. The van der Waals surface area contributed by atoms with Gasteiger partial charge in [0.2, 0.25) is 5.91 Å². The van der Waals surface area contributed by atoms with E-state index in [4.69, 9.17) is 15.0 Å². The predicted molar refractivity (Wildman–Crippen MR) is 123 cm³/mol. The van der Waals surface area contributed by atoms with Crippen LogP contribution in [0.3, 0.4) is 0 Å². The molecule has 0 aliphatic heterocycles. The fourth-order valence-electron chi connectivity index (χ4n) is 2.80. The number of ether oxygens (including phenoxy) is 1. The molecule has 0 saturated heterocycles. The summed E-state index contributed by atoms with van der Waals surface area (Å²) in [4.78, 5) is 13.9. The minimum absolute atomic E-state index is 0.140. The molecule has 2 atom stereocenters. The Bertz CT molecular complexity index is 1070. The van der Waals surface area contributed by atoms with Crippen LogP contribution in [0.25, 0.3) is 0 Å². The van der Waals surface area contributed by atoms with E-state index in [0.29, 0.717) is 24.7 Å². The number of tetrazole rings is 1. The number of nitrogens with one attached hydrogen (secondary N) is 2. The van der Waals surface area contributed by atoms with Crippen LogP contribution in [0.15, 0.2) is 54.6 Å². The molecular weight excluding hydrogens is 446 g/mol. The van der Waals surface area contributed by atoms with Gasteiger partial charge < -0.3 is 15.8 Å². The van der Waals surface area contributed by atoms with Crippen molar-refractivity contribution in [1.29, 1.82) is 0 Å². The van der Waals surface area contributed by atoms with E-state index in [9.17, 15) is 9.00 Å². The molecule has 0 saturated carbocycles. The molecule has 1 aromatic heterocycles. The zero-order valence-corrected chi connectivity index (χ0v) is 19.2. The van der Waals surface area contributed by atoms with Gasteiger partial charge in [-0.25, -0.2) is 4.21 Å². The molecular formula is C21H27N7O4S. The lowest BCUT2D eigenvalue weighted by molar-refractivity contribution is -0.126. The second-order valence-electron chi connectivity index (χ2n) is 7.97. The number of hydrogen-bond donors (Lipinski definition) is 4. The summed E-state index contributed by atoms with van der Waals surface area (Å²) in [5.41, 5.74) is 7.21. The maximum atomic E-state index is 12.5. The molecule has 0 radical (unpaired) electrons. The van der Waals surface area contributed by atoms with Crippen molar-refractivity contribution in [2.45, 2.75) is 38.6 Å². The average Bonchev–Trinajstić information content (AvgIpc) is 3.22. The van der Waals surface area contributed by atoms with Crippen molar-refractivity contribution in [2.24, 2.45) is 5.73 Å². The van der Waals surface area contributed by atoms with Crippen LogP contribution in [0.5, 0.6) is 0 Å². The number of hydrogen-bond acceptors (Lipinski definition) is 7. The fourth-order valence-corrected chi connectivity index (χ4v) is 3.14. The van der Waals surface area contributed by atoms with E-state index in [1.54, 1.807) is 38.1 Å². The van der Waals surface area contributed by atoms with E-state index < -0.39 is 22.8 Å². The van der Waals surface area contributed by atoms with Crippen molar-refractivity contribution in [3.8, 4) is 0 Å². The highest BCUT2D eigenvalue weighted by molar-refractivity contribution is 7.80. The molecule has 12 heteroatoms. The molecule has 1 heterocycles. The first-order valence-electron chi connectivity index (χ1n) is 10.2. The van der Waals surface area contributed by atoms with Gasteiger partial charge in [-0.15, -0.1) is 10.2 Å². The van der Waals surface area contributed by atoms with Gasteiger partial charge in [0.25, 0.3) is 11.3 Å². The maximum Gasteiger partial charge on any atom is 0.259 e. The minimum Gasteiger partial charge on any atom is -0.374 e. The molecule has 2 aromatic carbocycles.